The summed E-state index contributed by atoms with van der Waals surface area (Å²) in [7, 11) is 1.80. The van der Waals surface area contributed by atoms with Gasteiger partial charge in [-0.1, -0.05) is 12.2 Å². The molecule has 0 spiro atoms. The van der Waals surface area contributed by atoms with Gasteiger partial charge >= 0.3 is 0 Å². The summed E-state index contributed by atoms with van der Waals surface area (Å²) in [6, 6.07) is -0.0894. The number of carbonyl (C=O) groups is 1. The average molecular weight is 236 g/mol. The topological polar surface area (TPSA) is 41.6 Å². The molecule has 17 heavy (non-hydrogen) atoms. The summed E-state index contributed by atoms with van der Waals surface area (Å²) in [5.74, 6) is 1.34. The fourth-order valence-corrected chi connectivity index (χ4v) is 3.57. The van der Waals surface area contributed by atoms with Crippen molar-refractivity contribution in [3.63, 3.8) is 0 Å². The van der Waals surface area contributed by atoms with E-state index in [-0.39, 0.29) is 11.9 Å². The van der Waals surface area contributed by atoms with Gasteiger partial charge in [-0.05, 0) is 12.8 Å². The fourth-order valence-electron chi connectivity index (χ4n) is 3.57. The van der Waals surface area contributed by atoms with E-state index in [1.54, 1.807) is 7.11 Å². The second-order valence-corrected chi connectivity index (χ2v) is 5.36. The van der Waals surface area contributed by atoms with E-state index in [2.05, 4.69) is 5.32 Å². The maximum Gasteiger partial charge on any atom is 0.243 e. The summed E-state index contributed by atoms with van der Waals surface area (Å²) in [6.45, 7) is 2.57. The SMILES string of the molecule is COC1[C@@H]2CC[C@H]1CN(C(=O)[C@@H]1C=CCN1)C2. The van der Waals surface area contributed by atoms with Crippen molar-refractivity contribution in [2.75, 3.05) is 26.7 Å². The molecule has 1 unspecified atom stereocenters. The Balaban J connectivity index is 1.67. The van der Waals surface area contributed by atoms with E-state index in [1.165, 1.54) is 12.8 Å². The highest BCUT2D eigenvalue weighted by Gasteiger charge is 2.44. The van der Waals surface area contributed by atoms with Crippen LogP contribution < -0.4 is 5.32 Å². The summed E-state index contributed by atoms with van der Waals surface area (Å²) in [5, 5.41) is 3.20. The van der Waals surface area contributed by atoms with Crippen molar-refractivity contribution in [1.29, 1.82) is 0 Å². The molecule has 2 fully saturated rings. The molecule has 2 bridgehead atoms. The Hall–Kier alpha value is -0.870. The number of nitrogens with one attached hydrogen (secondary N) is 1. The molecule has 1 saturated carbocycles. The highest BCUT2D eigenvalue weighted by Crippen LogP contribution is 2.38. The second kappa shape index (κ2) is 4.42. The number of amides is 1. The molecule has 1 aliphatic carbocycles. The Morgan fingerprint density at radius 3 is 2.59 bits per heavy atom. The molecule has 4 nitrogen and oxygen atoms in total. The van der Waals surface area contributed by atoms with Gasteiger partial charge in [-0.15, -0.1) is 0 Å². The quantitative estimate of drug-likeness (QED) is 0.706. The number of methoxy groups -OCH3 is 1. The van der Waals surface area contributed by atoms with Gasteiger partial charge in [0.05, 0.1) is 6.10 Å². The minimum Gasteiger partial charge on any atom is -0.381 e. The molecule has 3 rings (SSSR count). The van der Waals surface area contributed by atoms with Crippen LogP contribution >= 0.6 is 0 Å². The molecule has 3 aliphatic rings. The Bertz CT molecular complexity index is 328. The van der Waals surface area contributed by atoms with Crippen LogP contribution in [0, 0.1) is 11.8 Å². The van der Waals surface area contributed by atoms with Crippen LogP contribution in [0.15, 0.2) is 12.2 Å². The molecule has 2 heterocycles. The number of hydrogen-bond acceptors (Lipinski definition) is 3. The van der Waals surface area contributed by atoms with E-state index in [9.17, 15) is 4.79 Å². The Morgan fingerprint density at radius 2 is 2.06 bits per heavy atom. The van der Waals surface area contributed by atoms with Crippen LogP contribution in [0.3, 0.4) is 0 Å². The van der Waals surface area contributed by atoms with Crippen LogP contribution in [0.2, 0.25) is 0 Å². The molecular formula is C13H20N2O2. The molecule has 1 saturated heterocycles. The van der Waals surface area contributed by atoms with Crippen LogP contribution in [0.5, 0.6) is 0 Å². The lowest BCUT2D eigenvalue weighted by Crippen LogP contribution is -2.52. The maximum absolute atomic E-state index is 12.3. The molecule has 0 radical (unpaired) electrons. The Kier molecular flexibility index (Phi) is 2.92. The summed E-state index contributed by atoms with van der Waals surface area (Å²) in [5.41, 5.74) is 0. The van der Waals surface area contributed by atoms with Gasteiger partial charge in [-0.25, -0.2) is 0 Å². The van der Waals surface area contributed by atoms with E-state index < -0.39 is 0 Å². The molecule has 4 heteroatoms. The van der Waals surface area contributed by atoms with Crippen molar-refractivity contribution in [1.82, 2.24) is 10.2 Å². The van der Waals surface area contributed by atoms with Gasteiger partial charge in [0, 0.05) is 38.6 Å². The number of rotatable bonds is 2. The van der Waals surface area contributed by atoms with Gasteiger partial charge in [0.1, 0.15) is 6.04 Å². The molecule has 2 aliphatic heterocycles. The Labute approximate surface area is 102 Å². The number of nitrogens with zero attached hydrogens (tertiary/aromatic N) is 1. The lowest BCUT2D eigenvalue weighted by molar-refractivity contribution is -0.137. The van der Waals surface area contributed by atoms with Gasteiger partial charge < -0.3 is 9.64 Å². The van der Waals surface area contributed by atoms with Crippen LogP contribution in [0.4, 0.5) is 0 Å². The third-order valence-electron chi connectivity index (χ3n) is 4.38. The monoisotopic (exact) mass is 236 g/mol. The van der Waals surface area contributed by atoms with Crippen molar-refractivity contribution >= 4 is 5.91 Å². The van der Waals surface area contributed by atoms with Gasteiger partial charge in [0.2, 0.25) is 5.91 Å². The van der Waals surface area contributed by atoms with E-state index >= 15 is 0 Å². The molecule has 0 aromatic rings. The largest absolute Gasteiger partial charge is 0.381 e. The zero-order chi connectivity index (χ0) is 11.8. The second-order valence-electron chi connectivity index (χ2n) is 5.36. The summed E-state index contributed by atoms with van der Waals surface area (Å²) in [4.78, 5) is 14.3. The van der Waals surface area contributed by atoms with Crippen LogP contribution in [-0.2, 0) is 9.53 Å². The predicted octanol–water partition coefficient (Wildman–Crippen LogP) is 0.398. The number of hydrogen-bond donors (Lipinski definition) is 1. The fraction of sp³-hybridized carbons (Fsp3) is 0.769. The summed E-state index contributed by atoms with van der Waals surface area (Å²) in [6.07, 6.45) is 6.80. The molecular weight excluding hydrogens is 216 g/mol. The van der Waals surface area contributed by atoms with Crippen molar-refractivity contribution in [2.24, 2.45) is 11.8 Å². The predicted molar refractivity (Wildman–Crippen MR) is 64.5 cm³/mol. The van der Waals surface area contributed by atoms with Gasteiger partial charge in [-0.2, -0.15) is 0 Å². The maximum atomic E-state index is 12.3. The first-order valence-electron chi connectivity index (χ1n) is 6.51. The zero-order valence-corrected chi connectivity index (χ0v) is 10.3. The van der Waals surface area contributed by atoms with Crippen LogP contribution in [0.25, 0.3) is 0 Å². The number of fused-ring (bicyclic) bond motifs is 2. The number of carbonyl (C=O) groups excluding carboxylic acids is 1. The third-order valence-corrected chi connectivity index (χ3v) is 4.38. The first kappa shape index (κ1) is 11.2. The minimum absolute atomic E-state index is 0.0894. The van der Waals surface area contributed by atoms with E-state index in [4.69, 9.17) is 4.74 Å². The van der Waals surface area contributed by atoms with Crippen LogP contribution in [-0.4, -0.2) is 49.7 Å². The van der Waals surface area contributed by atoms with Gasteiger partial charge in [0.25, 0.3) is 0 Å². The third kappa shape index (κ3) is 1.89. The van der Waals surface area contributed by atoms with Crippen molar-refractivity contribution in [3.8, 4) is 0 Å². The highest BCUT2D eigenvalue weighted by atomic mass is 16.5. The summed E-state index contributed by atoms with van der Waals surface area (Å²) >= 11 is 0. The molecule has 1 N–H and O–H groups in total. The lowest BCUT2D eigenvalue weighted by Gasteiger charge is -2.38. The molecule has 0 aromatic carbocycles. The molecule has 4 atom stereocenters. The first-order chi connectivity index (χ1) is 8.29. The van der Waals surface area contributed by atoms with Gasteiger partial charge in [0.15, 0.2) is 0 Å². The number of likely N-dealkylation sites (tertiary alicyclic amines) is 1. The number of ether oxygens (including phenoxy) is 1. The lowest BCUT2D eigenvalue weighted by atomic mass is 9.94. The average Bonchev–Trinajstić information content (AvgIpc) is 2.94. The smallest absolute Gasteiger partial charge is 0.243 e. The normalized spacial score (nSPS) is 39.9. The number of piperidine rings is 1. The zero-order valence-electron chi connectivity index (χ0n) is 10.3. The van der Waals surface area contributed by atoms with E-state index in [1.807, 2.05) is 17.1 Å². The first-order valence-corrected chi connectivity index (χ1v) is 6.51. The molecule has 94 valence electrons. The minimum atomic E-state index is -0.0894. The van der Waals surface area contributed by atoms with Crippen molar-refractivity contribution in [2.45, 2.75) is 25.0 Å². The van der Waals surface area contributed by atoms with Crippen molar-refractivity contribution in [3.05, 3.63) is 12.2 Å². The summed E-state index contributed by atoms with van der Waals surface area (Å²) < 4.78 is 5.56. The van der Waals surface area contributed by atoms with E-state index in [0.29, 0.717) is 17.9 Å². The highest BCUT2D eigenvalue weighted by molar-refractivity contribution is 5.84. The molecule has 0 aromatic heterocycles. The Morgan fingerprint density at radius 1 is 1.35 bits per heavy atom. The van der Waals surface area contributed by atoms with Crippen LogP contribution in [0.1, 0.15) is 12.8 Å². The van der Waals surface area contributed by atoms with Crippen molar-refractivity contribution < 1.29 is 9.53 Å². The molecule has 1 amide bonds. The van der Waals surface area contributed by atoms with E-state index in [0.717, 1.165) is 19.6 Å². The van der Waals surface area contributed by atoms with Gasteiger partial charge in [-0.3, -0.25) is 10.1 Å². The standard InChI is InChI=1S/C13H20N2O2/c1-17-12-9-4-5-10(12)8-15(7-9)13(16)11-3-2-6-14-11/h2-3,9-12,14H,4-8H2,1H3/t9-,10+,11-,12?/m0/s1.